The van der Waals surface area contributed by atoms with Crippen molar-refractivity contribution in [1.29, 1.82) is 0 Å². The fourth-order valence-corrected chi connectivity index (χ4v) is 3.60. The lowest BCUT2D eigenvalue weighted by Crippen LogP contribution is -2.01. The van der Waals surface area contributed by atoms with Gasteiger partial charge in [0, 0.05) is 23.6 Å². The maximum atomic E-state index is 12.8. The lowest BCUT2D eigenvalue weighted by molar-refractivity contribution is 0.103. The van der Waals surface area contributed by atoms with Crippen LogP contribution in [0.25, 0.3) is 33.1 Å². The second kappa shape index (κ2) is 5.74. The van der Waals surface area contributed by atoms with Gasteiger partial charge in [0.25, 0.3) is 0 Å². The summed E-state index contributed by atoms with van der Waals surface area (Å²) in [5.74, 6) is -0.00633. The number of hydrogen-bond donors (Lipinski definition) is 0. The van der Waals surface area contributed by atoms with Crippen molar-refractivity contribution in [2.75, 3.05) is 0 Å². The van der Waals surface area contributed by atoms with Gasteiger partial charge in [0.05, 0.1) is 16.6 Å². The smallest absolute Gasteiger partial charge is 0.193 e. The van der Waals surface area contributed by atoms with E-state index in [1.807, 2.05) is 55.6 Å². The van der Waals surface area contributed by atoms with E-state index >= 15 is 0 Å². The number of nitrogens with zero attached hydrogens (tertiary/aromatic N) is 3. The predicted octanol–water partition coefficient (Wildman–Crippen LogP) is 4.81. The normalized spacial score (nSPS) is 11.5. The number of hydrogen-bond acceptors (Lipinski definition) is 3. The molecule has 130 valence electrons. The SMILES string of the molecule is Cc1ccc2c(c1)c1nc3cc(C(=O)c4ccccc4)ccc3nc1n2C. The monoisotopic (exact) mass is 351 g/mol. The van der Waals surface area contributed by atoms with Gasteiger partial charge in [-0.15, -0.1) is 0 Å². The molecule has 0 aliphatic rings. The van der Waals surface area contributed by atoms with Gasteiger partial charge < -0.3 is 4.57 Å². The van der Waals surface area contributed by atoms with Crippen molar-refractivity contribution in [3.05, 3.63) is 83.4 Å². The summed E-state index contributed by atoms with van der Waals surface area (Å²) < 4.78 is 2.07. The number of carbonyl (C=O) groups is 1. The fourth-order valence-electron chi connectivity index (χ4n) is 3.60. The van der Waals surface area contributed by atoms with E-state index in [4.69, 9.17) is 9.97 Å². The average molecular weight is 351 g/mol. The number of fused-ring (bicyclic) bond motifs is 4. The van der Waals surface area contributed by atoms with Gasteiger partial charge in [0.1, 0.15) is 5.52 Å². The molecule has 0 radical (unpaired) electrons. The molecule has 5 rings (SSSR count). The molecule has 2 heterocycles. The van der Waals surface area contributed by atoms with Crippen molar-refractivity contribution in [1.82, 2.24) is 14.5 Å². The first-order valence-electron chi connectivity index (χ1n) is 8.88. The first-order chi connectivity index (χ1) is 13.1. The fraction of sp³-hybridized carbons (Fsp3) is 0.0870. The Hall–Kier alpha value is -3.53. The third-order valence-electron chi connectivity index (χ3n) is 5.03. The van der Waals surface area contributed by atoms with Gasteiger partial charge in [-0.2, -0.15) is 0 Å². The minimum atomic E-state index is -0.00633. The minimum absolute atomic E-state index is 0.00633. The molecular weight excluding hydrogens is 334 g/mol. The Morgan fingerprint density at radius 3 is 2.48 bits per heavy atom. The highest BCUT2D eigenvalue weighted by Gasteiger charge is 2.14. The van der Waals surface area contributed by atoms with E-state index in [1.54, 1.807) is 0 Å². The largest absolute Gasteiger partial charge is 0.327 e. The summed E-state index contributed by atoms with van der Waals surface area (Å²) in [4.78, 5) is 22.4. The van der Waals surface area contributed by atoms with Crippen LogP contribution in [0.3, 0.4) is 0 Å². The molecule has 0 saturated heterocycles. The zero-order chi connectivity index (χ0) is 18.5. The second-order valence-electron chi connectivity index (χ2n) is 6.87. The lowest BCUT2D eigenvalue weighted by atomic mass is 10.0. The summed E-state index contributed by atoms with van der Waals surface area (Å²) in [5.41, 5.74) is 6.83. The number of aromatic nitrogens is 3. The van der Waals surface area contributed by atoms with E-state index < -0.39 is 0 Å². The van der Waals surface area contributed by atoms with Crippen molar-refractivity contribution in [2.45, 2.75) is 6.92 Å². The zero-order valence-corrected chi connectivity index (χ0v) is 15.1. The molecule has 4 heteroatoms. The van der Waals surface area contributed by atoms with E-state index in [2.05, 4.69) is 29.7 Å². The number of benzene rings is 3. The molecule has 0 atom stereocenters. The van der Waals surface area contributed by atoms with Crippen LogP contribution in [0.5, 0.6) is 0 Å². The van der Waals surface area contributed by atoms with Crippen molar-refractivity contribution in [3.63, 3.8) is 0 Å². The molecule has 4 nitrogen and oxygen atoms in total. The Morgan fingerprint density at radius 1 is 0.852 bits per heavy atom. The Morgan fingerprint density at radius 2 is 1.67 bits per heavy atom. The molecule has 0 N–H and O–H groups in total. The summed E-state index contributed by atoms with van der Waals surface area (Å²) in [6.45, 7) is 2.07. The molecule has 0 aliphatic heterocycles. The Labute approximate surface area is 156 Å². The van der Waals surface area contributed by atoms with Crippen LogP contribution in [-0.2, 0) is 7.05 Å². The lowest BCUT2D eigenvalue weighted by Gasteiger charge is -2.04. The van der Waals surface area contributed by atoms with Gasteiger partial charge in [0.15, 0.2) is 11.4 Å². The maximum Gasteiger partial charge on any atom is 0.193 e. The van der Waals surface area contributed by atoms with Crippen LogP contribution in [0.2, 0.25) is 0 Å². The van der Waals surface area contributed by atoms with Crippen molar-refractivity contribution in [3.8, 4) is 0 Å². The van der Waals surface area contributed by atoms with Crippen LogP contribution in [0.4, 0.5) is 0 Å². The minimum Gasteiger partial charge on any atom is -0.327 e. The molecule has 3 aromatic carbocycles. The molecule has 0 bridgehead atoms. The molecule has 0 fully saturated rings. The van der Waals surface area contributed by atoms with Gasteiger partial charge in [-0.1, -0.05) is 42.0 Å². The number of rotatable bonds is 2. The molecule has 27 heavy (non-hydrogen) atoms. The van der Waals surface area contributed by atoms with E-state index in [0.29, 0.717) is 11.1 Å². The van der Waals surface area contributed by atoms with Gasteiger partial charge in [-0.05, 0) is 37.3 Å². The van der Waals surface area contributed by atoms with Crippen LogP contribution >= 0.6 is 0 Å². The summed E-state index contributed by atoms with van der Waals surface area (Å²) in [5, 5.41) is 1.08. The van der Waals surface area contributed by atoms with E-state index in [-0.39, 0.29) is 5.78 Å². The van der Waals surface area contributed by atoms with E-state index in [9.17, 15) is 4.79 Å². The highest BCUT2D eigenvalue weighted by Crippen LogP contribution is 2.28. The van der Waals surface area contributed by atoms with Gasteiger partial charge in [0.2, 0.25) is 0 Å². The number of ketones is 1. The average Bonchev–Trinajstić information content (AvgIpc) is 2.97. The van der Waals surface area contributed by atoms with Crippen molar-refractivity contribution < 1.29 is 4.79 Å². The van der Waals surface area contributed by atoms with Crippen LogP contribution in [-0.4, -0.2) is 20.3 Å². The van der Waals surface area contributed by atoms with E-state index in [1.165, 1.54) is 5.56 Å². The van der Waals surface area contributed by atoms with Crippen LogP contribution in [0, 0.1) is 6.92 Å². The maximum absolute atomic E-state index is 12.8. The van der Waals surface area contributed by atoms with Crippen LogP contribution < -0.4 is 0 Å². The van der Waals surface area contributed by atoms with Gasteiger partial charge in [-0.3, -0.25) is 4.79 Å². The molecule has 2 aromatic heterocycles. The van der Waals surface area contributed by atoms with Crippen molar-refractivity contribution in [2.24, 2.45) is 7.05 Å². The Kier molecular flexibility index (Phi) is 3.34. The summed E-state index contributed by atoms with van der Waals surface area (Å²) >= 11 is 0. The first-order valence-corrected chi connectivity index (χ1v) is 8.88. The zero-order valence-electron chi connectivity index (χ0n) is 15.1. The molecule has 0 amide bonds. The second-order valence-corrected chi connectivity index (χ2v) is 6.87. The highest BCUT2D eigenvalue weighted by atomic mass is 16.1. The Balaban J connectivity index is 1.75. The summed E-state index contributed by atoms with van der Waals surface area (Å²) in [6, 6.07) is 21.2. The third-order valence-corrected chi connectivity index (χ3v) is 5.03. The van der Waals surface area contributed by atoms with Crippen LogP contribution in [0.1, 0.15) is 21.5 Å². The summed E-state index contributed by atoms with van der Waals surface area (Å²) in [6.07, 6.45) is 0. The topological polar surface area (TPSA) is 47.8 Å². The molecule has 0 saturated carbocycles. The molecular formula is C23H17N3O. The predicted molar refractivity (Wildman–Crippen MR) is 108 cm³/mol. The van der Waals surface area contributed by atoms with Crippen molar-refractivity contribution >= 4 is 38.9 Å². The summed E-state index contributed by atoms with van der Waals surface area (Å²) in [7, 11) is 2.01. The third kappa shape index (κ3) is 2.41. The molecule has 0 aliphatic carbocycles. The molecule has 0 unspecified atom stereocenters. The van der Waals surface area contributed by atoms with Crippen LogP contribution in [0.15, 0.2) is 66.7 Å². The molecule has 0 spiro atoms. The molecule has 5 aromatic rings. The quantitative estimate of drug-likeness (QED) is 0.429. The Bertz CT molecular complexity index is 1350. The number of carbonyl (C=O) groups excluding carboxylic acids is 1. The first kappa shape index (κ1) is 15.7. The highest BCUT2D eigenvalue weighted by molar-refractivity contribution is 6.11. The van der Waals surface area contributed by atoms with Gasteiger partial charge in [-0.25, -0.2) is 9.97 Å². The standard InChI is InChI=1S/C23H17N3O/c1-14-8-11-20-17(12-14)21-23(26(20)2)25-18-10-9-16(13-19(18)24-21)22(27)15-6-4-3-5-7-15/h3-13H,1-2H3. The van der Waals surface area contributed by atoms with E-state index in [0.717, 1.165) is 33.1 Å². The van der Waals surface area contributed by atoms with Gasteiger partial charge >= 0.3 is 0 Å². The number of aryl methyl sites for hydroxylation is 2.